The van der Waals surface area contributed by atoms with Gasteiger partial charge in [-0.1, -0.05) is 18.2 Å². The maximum absolute atomic E-state index is 9.30. The van der Waals surface area contributed by atoms with Gasteiger partial charge in [0.25, 0.3) is 0 Å². The fraction of sp³-hybridized carbons (Fsp3) is 0.250. The van der Waals surface area contributed by atoms with Gasteiger partial charge in [0.05, 0.1) is 19.4 Å². The molecule has 3 aromatic rings. The SMILES string of the molecule is COc1ccccc1CNc1cc(-c2cccnc2)nc(N[C@@H](C)CO)n1. The van der Waals surface area contributed by atoms with E-state index in [4.69, 9.17) is 4.74 Å². The van der Waals surface area contributed by atoms with Crippen molar-refractivity contribution in [3.8, 4) is 17.0 Å². The van der Waals surface area contributed by atoms with Gasteiger partial charge in [0.2, 0.25) is 5.95 Å². The third-order valence-corrected chi connectivity index (χ3v) is 3.99. The molecule has 0 aliphatic heterocycles. The van der Waals surface area contributed by atoms with Gasteiger partial charge in [-0.3, -0.25) is 4.98 Å². The van der Waals surface area contributed by atoms with Crippen molar-refractivity contribution in [2.24, 2.45) is 0 Å². The molecule has 0 aliphatic rings. The van der Waals surface area contributed by atoms with Crippen molar-refractivity contribution in [2.45, 2.75) is 19.5 Å². The molecule has 7 nitrogen and oxygen atoms in total. The minimum atomic E-state index is -0.156. The molecule has 27 heavy (non-hydrogen) atoms. The fourth-order valence-electron chi connectivity index (χ4n) is 2.57. The molecule has 140 valence electrons. The number of pyridine rings is 1. The number of nitrogens with one attached hydrogen (secondary N) is 2. The Balaban J connectivity index is 1.87. The summed E-state index contributed by atoms with van der Waals surface area (Å²) in [5.41, 5.74) is 2.66. The third-order valence-electron chi connectivity index (χ3n) is 3.99. The Labute approximate surface area is 158 Å². The molecule has 1 aromatic carbocycles. The van der Waals surface area contributed by atoms with Crippen molar-refractivity contribution in [1.29, 1.82) is 0 Å². The molecular formula is C20H23N5O2. The molecule has 2 aromatic heterocycles. The third kappa shape index (κ3) is 4.92. The molecule has 0 saturated carbocycles. The van der Waals surface area contributed by atoms with E-state index in [0.29, 0.717) is 18.3 Å². The Hall–Kier alpha value is -3.19. The average Bonchev–Trinajstić information content (AvgIpc) is 2.72. The highest BCUT2D eigenvalue weighted by molar-refractivity contribution is 5.63. The molecule has 3 N–H and O–H groups in total. The molecule has 2 heterocycles. The Morgan fingerprint density at radius 3 is 2.74 bits per heavy atom. The summed E-state index contributed by atoms with van der Waals surface area (Å²) in [7, 11) is 1.66. The van der Waals surface area contributed by atoms with Gasteiger partial charge in [0.15, 0.2) is 0 Å². The number of aromatic nitrogens is 3. The zero-order chi connectivity index (χ0) is 19.1. The highest BCUT2D eigenvalue weighted by Gasteiger charge is 2.10. The predicted octanol–water partition coefficient (Wildman–Crippen LogP) is 2.95. The van der Waals surface area contributed by atoms with Gasteiger partial charge < -0.3 is 20.5 Å². The Kier molecular flexibility index (Phi) is 6.17. The van der Waals surface area contributed by atoms with Crippen molar-refractivity contribution in [1.82, 2.24) is 15.0 Å². The van der Waals surface area contributed by atoms with E-state index < -0.39 is 0 Å². The summed E-state index contributed by atoms with van der Waals surface area (Å²) in [5.74, 6) is 1.93. The number of ether oxygens (including phenoxy) is 1. The van der Waals surface area contributed by atoms with Gasteiger partial charge in [0.1, 0.15) is 11.6 Å². The van der Waals surface area contributed by atoms with Crippen LogP contribution in [0.25, 0.3) is 11.3 Å². The number of aliphatic hydroxyl groups excluding tert-OH is 1. The van der Waals surface area contributed by atoms with E-state index >= 15 is 0 Å². The van der Waals surface area contributed by atoms with E-state index in [1.165, 1.54) is 0 Å². The van der Waals surface area contributed by atoms with Crippen LogP contribution in [0.3, 0.4) is 0 Å². The summed E-state index contributed by atoms with van der Waals surface area (Å²) in [4.78, 5) is 13.2. The maximum atomic E-state index is 9.30. The fourth-order valence-corrected chi connectivity index (χ4v) is 2.57. The molecule has 7 heteroatoms. The van der Waals surface area contributed by atoms with Crippen molar-refractivity contribution >= 4 is 11.8 Å². The molecule has 0 fully saturated rings. The smallest absolute Gasteiger partial charge is 0.225 e. The summed E-state index contributed by atoms with van der Waals surface area (Å²) < 4.78 is 5.40. The molecule has 3 rings (SSSR count). The second-order valence-electron chi connectivity index (χ2n) is 6.10. The number of nitrogens with zero attached hydrogens (tertiary/aromatic N) is 3. The number of hydrogen-bond donors (Lipinski definition) is 3. The number of aliphatic hydroxyl groups is 1. The van der Waals surface area contributed by atoms with Crippen LogP contribution in [0.5, 0.6) is 5.75 Å². The highest BCUT2D eigenvalue weighted by Crippen LogP contribution is 2.23. The number of benzene rings is 1. The Morgan fingerprint density at radius 1 is 1.15 bits per heavy atom. The number of hydrogen-bond acceptors (Lipinski definition) is 7. The zero-order valence-electron chi connectivity index (χ0n) is 15.4. The van der Waals surface area contributed by atoms with Gasteiger partial charge in [-0.25, -0.2) is 4.98 Å². The maximum Gasteiger partial charge on any atom is 0.225 e. The molecule has 0 spiro atoms. The summed E-state index contributed by atoms with van der Waals surface area (Å²) in [6, 6.07) is 13.4. The predicted molar refractivity (Wildman–Crippen MR) is 106 cm³/mol. The van der Waals surface area contributed by atoms with Crippen LogP contribution < -0.4 is 15.4 Å². The summed E-state index contributed by atoms with van der Waals surface area (Å²) in [6.07, 6.45) is 3.48. The first-order valence-electron chi connectivity index (χ1n) is 8.72. The van der Waals surface area contributed by atoms with Gasteiger partial charge in [-0.2, -0.15) is 4.98 Å². The lowest BCUT2D eigenvalue weighted by Crippen LogP contribution is -2.21. The first kappa shape index (κ1) is 18.6. The topological polar surface area (TPSA) is 92.2 Å². The van der Waals surface area contributed by atoms with Crippen LogP contribution in [0, 0.1) is 0 Å². The van der Waals surface area contributed by atoms with Crippen LogP contribution in [0.15, 0.2) is 54.9 Å². The first-order chi connectivity index (χ1) is 13.2. The number of rotatable bonds is 8. The molecule has 0 unspecified atom stereocenters. The number of anilines is 2. The monoisotopic (exact) mass is 365 g/mol. The zero-order valence-corrected chi connectivity index (χ0v) is 15.4. The van der Waals surface area contributed by atoms with Crippen molar-refractivity contribution in [3.63, 3.8) is 0 Å². The minimum Gasteiger partial charge on any atom is -0.496 e. The quantitative estimate of drug-likeness (QED) is 0.565. The van der Waals surface area contributed by atoms with Crippen LogP contribution in [0.2, 0.25) is 0 Å². The average molecular weight is 365 g/mol. The summed E-state index contributed by atoms with van der Waals surface area (Å²) >= 11 is 0. The van der Waals surface area contributed by atoms with Crippen LogP contribution in [-0.2, 0) is 6.54 Å². The summed E-state index contributed by atoms with van der Waals surface area (Å²) in [5, 5.41) is 15.7. The van der Waals surface area contributed by atoms with Crippen LogP contribution in [0.1, 0.15) is 12.5 Å². The van der Waals surface area contributed by atoms with Crippen molar-refractivity contribution in [3.05, 3.63) is 60.4 Å². The molecular weight excluding hydrogens is 342 g/mol. The normalized spacial score (nSPS) is 11.7. The lowest BCUT2D eigenvalue weighted by molar-refractivity contribution is 0.281. The largest absolute Gasteiger partial charge is 0.496 e. The van der Waals surface area contributed by atoms with E-state index in [2.05, 4.69) is 25.6 Å². The van der Waals surface area contributed by atoms with E-state index in [0.717, 1.165) is 22.6 Å². The van der Waals surface area contributed by atoms with Crippen molar-refractivity contribution < 1.29 is 9.84 Å². The number of para-hydroxylation sites is 1. The lowest BCUT2D eigenvalue weighted by Gasteiger charge is -2.15. The number of methoxy groups -OCH3 is 1. The van der Waals surface area contributed by atoms with Gasteiger partial charge in [-0.15, -0.1) is 0 Å². The van der Waals surface area contributed by atoms with Crippen LogP contribution in [0.4, 0.5) is 11.8 Å². The molecule has 0 saturated heterocycles. The summed E-state index contributed by atoms with van der Waals surface area (Å²) in [6.45, 7) is 2.41. The Bertz CT molecular complexity index is 873. The van der Waals surface area contributed by atoms with Gasteiger partial charge in [0, 0.05) is 42.2 Å². The first-order valence-corrected chi connectivity index (χ1v) is 8.72. The van der Waals surface area contributed by atoms with Crippen molar-refractivity contribution in [2.75, 3.05) is 24.4 Å². The minimum absolute atomic E-state index is 0.00947. The standard InChI is InChI=1S/C20H23N5O2/c1-14(13-26)23-20-24-17(15-7-5-9-21-11-15)10-19(25-20)22-12-16-6-3-4-8-18(16)27-2/h3-11,14,26H,12-13H2,1-2H3,(H2,22,23,24,25)/t14-/m0/s1. The van der Waals surface area contributed by atoms with Gasteiger partial charge >= 0.3 is 0 Å². The second-order valence-corrected chi connectivity index (χ2v) is 6.10. The highest BCUT2D eigenvalue weighted by atomic mass is 16.5. The van der Waals surface area contributed by atoms with E-state index in [1.807, 2.05) is 49.4 Å². The Morgan fingerprint density at radius 2 is 2.00 bits per heavy atom. The van der Waals surface area contributed by atoms with Crippen LogP contribution >= 0.6 is 0 Å². The van der Waals surface area contributed by atoms with E-state index in [1.54, 1.807) is 19.5 Å². The van der Waals surface area contributed by atoms with E-state index in [-0.39, 0.29) is 12.6 Å². The van der Waals surface area contributed by atoms with Gasteiger partial charge in [-0.05, 0) is 25.1 Å². The van der Waals surface area contributed by atoms with Crippen LogP contribution in [-0.4, -0.2) is 39.8 Å². The molecule has 1 atom stereocenters. The second kappa shape index (κ2) is 8.95. The molecule has 0 bridgehead atoms. The lowest BCUT2D eigenvalue weighted by atomic mass is 10.2. The van der Waals surface area contributed by atoms with E-state index in [9.17, 15) is 5.11 Å². The molecule has 0 radical (unpaired) electrons. The molecule has 0 amide bonds. The molecule has 0 aliphatic carbocycles.